The molecular formula is C10H20N2O5S. The lowest BCUT2D eigenvalue weighted by atomic mass is 9.99. The molecule has 106 valence electrons. The summed E-state index contributed by atoms with van der Waals surface area (Å²) in [4.78, 5) is 16.7. The lowest BCUT2D eigenvalue weighted by molar-refractivity contribution is -0.139. The van der Waals surface area contributed by atoms with Gasteiger partial charge in [0.15, 0.2) is 0 Å². The Morgan fingerprint density at radius 1 is 1.44 bits per heavy atom. The molecule has 1 atom stereocenters. The number of methoxy groups -OCH3 is 1. The summed E-state index contributed by atoms with van der Waals surface area (Å²) in [6.07, 6.45) is 2.51. The van der Waals surface area contributed by atoms with Crippen LogP contribution in [-0.2, 0) is 24.4 Å². The van der Waals surface area contributed by atoms with Crippen molar-refractivity contribution in [1.82, 2.24) is 9.79 Å². The maximum atomic E-state index is 11.7. The highest BCUT2D eigenvalue weighted by atomic mass is 32.2. The van der Waals surface area contributed by atoms with Gasteiger partial charge in [-0.25, -0.2) is 18.2 Å². The third kappa shape index (κ3) is 4.89. The molecular weight excluding hydrogens is 260 g/mol. The Kier molecular flexibility index (Phi) is 6.00. The average Bonchev–Trinajstić information content (AvgIpc) is 2.33. The van der Waals surface area contributed by atoms with Gasteiger partial charge in [-0.1, -0.05) is 0 Å². The van der Waals surface area contributed by atoms with E-state index in [9.17, 15) is 13.2 Å². The highest BCUT2D eigenvalue weighted by Crippen LogP contribution is 2.18. The molecule has 1 N–H and O–H groups in total. The van der Waals surface area contributed by atoms with Crippen LogP contribution in [0.1, 0.15) is 12.8 Å². The number of carbonyl (C=O) groups is 1. The van der Waals surface area contributed by atoms with Crippen LogP contribution in [0.5, 0.6) is 0 Å². The van der Waals surface area contributed by atoms with E-state index in [0.29, 0.717) is 26.0 Å². The summed E-state index contributed by atoms with van der Waals surface area (Å²) in [5, 5.41) is 0. The second-order valence-corrected chi connectivity index (χ2v) is 6.25. The number of hydroxylamine groups is 1. The van der Waals surface area contributed by atoms with Crippen LogP contribution in [0.2, 0.25) is 0 Å². The molecule has 7 nitrogen and oxygen atoms in total. The number of amides is 1. The van der Waals surface area contributed by atoms with E-state index < -0.39 is 10.0 Å². The van der Waals surface area contributed by atoms with Crippen molar-refractivity contribution in [2.75, 3.05) is 39.7 Å². The van der Waals surface area contributed by atoms with Gasteiger partial charge >= 0.3 is 0 Å². The monoisotopic (exact) mass is 280 g/mol. The fourth-order valence-electron chi connectivity index (χ4n) is 1.79. The SMILES string of the molecule is COCCONC(=O)C1CCCN(S(C)(=O)=O)C1. The number of rotatable bonds is 6. The maximum absolute atomic E-state index is 11.7. The standard InChI is InChI=1S/C10H20N2O5S/c1-16-6-7-17-11-10(13)9-4-3-5-12(8-9)18(2,14)15/h9H,3-8H2,1-2H3,(H,11,13). The molecule has 1 aliphatic heterocycles. The van der Waals surface area contributed by atoms with Crippen LogP contribution in [0.3, 0.4) is 0 Å². The van der Waals surface area contributed by atoms with Crippen LogP contribution in [-0.4, -0.2) is 58.3 Å². The van der Waals surface area contributed by atoms with Crippen LogP contribution in [0.15, 0.2) is 0 Å². The Morgan fingerprint density at radius 2 is 2.17 bits per heavy atom. The minimum absolute atomic E-state index is 0.221. The lowest BCUT2D eigenvalue weighted by Crippen LogP contribution is -2.45. The molecule has 1 heterocycles. The van der Waals surface area contributed by atoms with Crippen molar-refractivity contribution in [3.05, 3.63) is 0 Å². The molecule has 0 aromatic rings. The Bertz CT molecular complexity index is 370. The summed E-state index contributed by atoms with van der Waals surface area (Å²) in [5.74, 6) is -0.629. The topological polar surface area (TPSA) is 84.9 Å². The predicted octanol–water partition coefficient (Wildman–Crippen LogP) is -0.648. The second-order valence-electron chi connectivity index (χ2n) is 4.27. The van der Waals surface area contributed by atoms with Crippen molar-refractivity contribution in [2.24, 2.45) is 5.92 Å². The highest BCUT2D eigenvalue weighted by Gasteiger charge is 2.30. The van der Waals surface area contributed by atoms with Gasteiger partial charge in [0.2, 0.25) is 15.9 Å². The third-order valence-electron chi connectivity index (χ3n) is 2.79. The van der Waals surface area contributed by atoms with Crippen LogP contribution in [0.25, 0.3) is 0 Å². The largest absolute Gasteiger partial charge is 0.382 e. The quantitative estimate of drug-likeness (QED) is 0.516. The molecule has 0 spiro atoms. The number of piperidine rings is 1. The van der Waals surface area contributed by atoms with Crippen LogP contribution in [0, 0.1) is 5.92 Å². The first kappa shape index (κ1) is 15.4. The van der Waals surface area contributed by atoms with Gasteiger partial charge in [0, 0.05) is 20.2 Å². The zero-order valence-corrected chi connectivity index (χ0v) is 11.5. The molecule has 18 heavy (non-hydrogen) atoms. The van der Waals surface area contributed by atoms with Crippen molar-refractivity contribution in [3.8, 4) is 0 Å². The Morgan fingerprint density at radius 3 is 2.78 bits per heavy atom. The summed E-state index contributed by atoms with van der Waals surface area (Å²) in [6.45, 7) is 1.36. The fourth-order valence-corrected chi connectivity index (χ4v) is 2.70. The number of hydrogen-bond acceptors (Lipinski definition) is 5. The summed E-state index contributed by atoms with van der Waals surface area (Å²) in [7, 11) is -1.69. The van der Waals surface area contributed by atoms with E-state index >= 15 is 0 Å². The first-order valence-electron chi connectivity index (χ1n) is 5.81. The molecule has 0 aromatic heterocycles. The van der Waals surface area contributed by atoms with Gasteiger partial charge in [0.1, 0.15) is 0 Å². The van der Waals surface area contributed by atoms with Crippen molar-refractivity contribution in [2.45, 2.75) is 12.8 Å². The molecule has 0 bridgehead atoms. The van der Waals surface area contributed by atoms with Gasteiger partial charge in [-0.05, 0) is 12.8 Å². The molecule has 0 aromatic carbocycles. The summed E-state index contributed by atoms with van der Waals surface area (Å²) >= 11 is 0. The Hall–Kier alpha value is -0.700. The van der Waals surface area contributed by atoms with E-state index in [1.165, 1.54) is 11.4 Å². The molecule has 1 fully saturated rings. The number of nitrogens with one attached hydrogen (secondary N) is 1. The van der Waals surface area contributed by atoms with Gasteiger partial charge in [-0.15, -0.1) is 0 Å². The van der Waals surface area contributed by atoms with E-state index in [-0.39, 0.29) is 25.0 Å². The molecule has 1 aliphatic rings. The normalized spacial score (nSPS) is 21.8. The molecule has 0 saturated carbocycles. The molecule has 8 heteroatoms. The molecule has 1 unspecified atom stereocenters. The van der Waals surface area contributed by atoms with E-state index in [0.717, 1.165) is 6.26 Å². The van der Waals surface area contributed by atoms with E-state index in [4.69, 9.17) is 9.57 Å². The zero-order valence-electron chi connectivity index (χ0n) is 10.7. The van der Waals surface area contributed by atoms with Gasteiger partial charge in [-0.2, -0.15) is 0 Å². The first-order chi connectivity index (χ1) is 8.45. The van der Waals surface area contributed by atoms with Gasteiger partial charge < -0.3 is 4.74 Å². The molecule has 1 amide bonds. The average molecular weight is 280 g/mol. The number of nitrogens with zero attached hydrogens (tertiary/aromatic N) is 1. The smallest absolute Gasteiger partial charge is 0.247 e. The Labute approximate surface area is 107 Å². The van der Waals surface area contributed by atoms with E-state index in [1.807, 2.05) is 0 Å². The Balaban J connectivity index is 2.39. The molecule has 0 radical (unpaired) electrons. The van der Waals surface area contributed by atoms with Gasteiger partial charge in [0.05, 0.1) is 25.4 Å². The predicted molar refractivity (Wildman–Crippen MR) is 65.1 cm³/mol. The molecule has 0 aliphatic carbocycles. The summed E-state index contributed by atoms with van der Waals surface area (Å²) in [5.41, 5.74) is 2.32. The molecule has 1 saturated heterocycles. The number of carbonyl (C=O) groups excluding carboxylic acids is 1. The number of hydrogen-bond donors (Lipinski definition) is 1. The lowest BCUT2D eigenvalue weighted by Gasteiger charge is -2.29. The van der Waals surface area contributed by atoms with E-state index in [2.05, 4.69) is 5.48 Å². The summed E-state index contributed by atoms with van der Waals surface area (Å²) in [6, 6.07) is 0. The zero-order chi connectivity index (χ0) is 13.6. The first-order valence-corrected chi connectivity index (χ1v) is 7.65. The maximum Gasteiger partial charge on any atom is 0.247 e. The molecule has 1 rings (SSSR count). The second kappa shape index (κ2) is 7.03. The van der Waals surface area contributed by atoms with Crippen molar-refractivity contribution in [3.63, 3.8) is 0 Å². The summed E-state index contributed by atoms with van der Waals surface area (Å²) < 4.78 is 28.9. The van der Waals surface area contributed by atoms with Gasteiger partial charge in [-0.3, -0.25) is 9.63 Å². The van der Waals surface area contributed by atoms with Crippen molar-refractivity contribution >= 4 is 15.9 Å². The van der Waals surface area contributed by atoms with Crippen LogP contribution < -0.4 is 5.48 Å². The third-order valence-corrected chi connectivity index (χ3v) is 4.06. The highest BCUT2D eigenvalue weighted by molar-refractivity contribution is 7.88. The van der Waals surface area contributed by atoms with Crippen LogP contribution in [0.4, 0.5) is 0 Å². The van der Waals surface area contributed by atoms with Crippen molar-refractivity contribution in [1.29, 1.82) is 0 Å². The van der Waals surface area contributed by atoms with Gasteiger partial charge in [0.25, 0.3) is 0 Å². The minimum Gasteiger partial charge on any atom is -0.382 e. The number of ether oxygens (including phenoxy) is 1. The fraction of sp³-hybridized carbons (Fsp3) is 0.900. The van der Waals surface area contributed by atoms with Crippen molar-refractivity contribution < 1.29 is 22.8 Å². The van der Waals surface area contributed by atoms with E-state index in [1.54, 1.807) is 0 Å². The minimum atomic E-state index is -3.23. The number of sulfonamides is 1. The van der Waals surface area contributed by atoms with Crippen LogP contribution >= 0.6 is 0 Å².